The molecule has 2 nitrogen and oxygen atoms in total. The fourth-order valence-electron chi connectivity index (χ4n) is 0.579. The van der Waals surface area contributed by atoms with Gasteiger partial charge in [0, 0.05) is 11.8 Å². The number of allylic oxidation sites excluding steroid dienone is 1. The number of hydrogen-bond acceptors (Lipinski definition) is 1. The number of alkyl halides is 1. The number of halogens is 1. The Morgan fingerprint density at radius 1 is 1.78 bits per heavy atom. The van der Waals surface area contributed by atoms with Gasteiger partial charge in [0.2, 0.25) is 0 Å². The van der Waals surface area contributed by atoms with E-state index in [1.807, 2.05) is 6.92 Å². The Morgan fingerprint density at radius 3 is 2.89 bits per heavy atom. The van der Waals surface area contributed by atoms with Gasteiger partial charge in [-0.15, -0.1) is 0 Å². The van der Waals surface area contributed by atoms with Gasteiger partial charge in [-0.05, 0) is 6.92 Å². The van der Waals surface area contributed by atoms with Crippen molar-refractivity contribution in [2.75, 3.05) is 0 Å². The van der Waals surface area contributed by atoms with Crippen molar-refractivity contribution < 1.29 is 4.79 Å². The first-order chi connectivity index (χ1) is 4.20. The Bertz CT molecular complexity index is 195. The number of rotatable bonds is 0. The van der Waals surface area contributed by atoms with Gasteiger partial charge >= 0.3 is 0 Å². The Morgan fingerprint density at radius 2 is 2.44 bits per heavy atom. The minimum Gasteiger partial charge on any atom is -0.267 e. The summed E-state index contributed by atoms with van der Waals surface area (Å²) in [5.74, 6) is -0.164. The first kappa shape index (κ1) is 6.68. The number of amides is 1. The highest BCUT2D eigenvalue weighted by atomic mass is 79.9. The van der Waals surface area contributed by atoms with Crippen molar-refractivity contribution in [1.82, 2.24) is 0 Å². The maximum Gasteiger partial charge on any atom is 0.269 e. The van der Waals surface area contributed by atoms with Crippen LogP contribution in [-0.2, 0) is 4.79 Å². The van der Waals surface area contributed by atoms with Crippen molar-refractivity contribution in [1.29, 1.82) is 0 Å². The quantitative estimate of drug-likeness (QED) is 0.527. The molecule has 0 spiro atoms. The zero-order valence-electron chi connectivity index (χ0n) is 4.97. The van der Waals surface area contributed by atoms with Crippen LogP contribution in [0, 0.1) is 0 Å². The Hall–Kier alpha value is -0.440. The molecule has 0 N–H and O–H groups in total. The van der Waals surface area contributed by atoms with Gasteiger partial charge in [-0.2, -0.15) is 0 Å². The van der Waals surface area contributed by atoms with Crippen molar-refractivity contribution in [3.63, 3.8) is 0 Å². The van der Waals surface area contributed by atoms with Crippen LogP contribution >= 0.6 is 15.9 Å². The lowest BCUT2D eigenvalue weighted by Gasteiger charge is -2.05. The minimum atomic E-state index is -0.164. The lowest BCUT2D eigenvalue weighted by atomic mass is 10.2. The Balaban J connectivity index is 2.82. The average Bonchev–Trinajstić information content (AvgIpc) is 1.80. The Labute approximate surface area is 61.8 Å². The average molecular weight is 188 g/mol. The van der Waals surface area contributed by atoms with Gasteiger partial charge in [0.15, 0.2) is 0 Å². The maximum atomic E-state index is 10.5. The first-order valence-corrected chi connectivity index (χ1v) is 3.53. The molecule has 48 valence electrons. The predicted octanol–water partition coefficient (Wildman–Crippen LogP) is 1.31. The number of aliphatic imine (C=N–C) groups is 1. The second-order valence-electron chi connectivity index (χ2n) is 1.85. The van der Waals surface area contributed by atoms with Crippen molar-refractivity contribution in [2.24, 2.45) is 4.99 Å². The summed E-state index contributed by atoms with van der Waals surface area (Å²) in [4.78, 5) is 14.4. The predicted molar refractivity (Wildman–Crippen MR) is 40.0 cm³/mol. The van der Waals surface area contributed by atoms with Crippen LogP contribution in [0.3, 0.4) is 0 Å². The van der Waals surface area contributed by atoms with E-state index < -0.39 is 0 Å². The molecule has 3 heteroatoms. The van der Waals surface area contributed by atoms with Crippen LogP contribution in [-0.4, -0.2) is 16.4 Å². The lowest BCUT2D eigenvalue weighted by molar-refractivity contribution is -0.113. The molecule has 0 aliphatic carbocycles. The largest absolute Gasteiger partial charge is 0.269 e. The molecule has 0 fully saturated rings. The smallest absolute Gasteiger partial charge is 0.267 e. The third-order valence-electron chi connectivity index (χ3n) is 1.09. The van der Waals surface area contributed by atoms with E-state index in [1.54, 1.807) is 6.08 Å². The molecule has 0 saturated heterocycles. The molecule has 9 heavy (non-hydrogen) atoms. The zero-order chi connectivity index (χ0) is 6.85. The van der Waals surface area contributed by atoms with Gasteiger partial charge in [0.1, 0.15) is 0 Å². The van der Waals surface area contributed by atoms with E-state index in [0.29, 0.717) is 0 Å². The molecule has 1 amide bonds. The van der Waals surface area contributed by atoms with E-state index in [4.69, 9.17) is 0 Å². The maximum absolute atomic E-state index is 10.5. The summed E-state index contributed by atoms with van der Waals surface area (Å²) in [5.41, 5.74) is 0.822. The number of dihydropyridines is 1. The van der Waals surface area contributed by atoms with Crippen LogP contribution in [0.15, 0.2) is 17.1 Å². The topological polar surface area (TPSA) is 29.4 Å². The summed E-state index contributed by atoms with van der Waals surface area (Å²) in [6, 6.07) is 0. The molecule has 1 atom stereocenters. The molecule has 1 aliphatic heterocycles. The first-order valence-electron chi connectivity index (χ1n) is 2.61. The lowest BCUT2D eigenvalue weighted by Crippen LogP contribution is -2.13. The van der Waals surface area contributed by atoms with E-state index in [1.165, 1.54) is 6.08 Å². The summed E-state index contributed by atoms with van der Waals surface area (Å²) >= 11 is 3.31. The molecule has 0 aromatic heterocycles. The Kier molecular flexibility index (Phi) is 1.81. The molecular formula is C6H6BrNO. The monoisotopic (exact) mass is 187 g/mol. The molecule has 0 aromatic rings. The van der Waals surface area contributed by atoms with Crippen LogP contribution in [0.2, 0.25) is 0 Å². The summed E-state index contributed by atoms with van der Waals surface area (Å²) in [6.45, 7) is 1.82. The zero-order valence-corrected chi connectivity index (χ0v) is 6.55. The standard InChI is InChI=1S/C6H6BrNO/c1-4-5(7)2-3-6(9)8-4/h2-3,5H,1H3. The molecule has 1 rings (SSSR count). The highest BCUT2D eigenvalue weighted by molar-refractivity contribution is 9.10. The molecule has 0 radical (unpaired) electrons. The second-order valence-corrected chi connectivity index (χ2v) is 2.84. The molecule has 1 heterocycles. The molecule has 1 aliphatic rings. The second kappa shape index (κ2) is 2.43. The highest BCUT2D eigenvalue weighted by Crippen LogP contribution is 2.08. The SMILES string of the molecule is CC1=NC(=O)C=CC1Br. The van der Waals surface area contributed by atoms with Gasteiger partial charge in [-0.25, -0.2) is 4.99 Å². The summed E-state index contributed by atoms with van der Waals surface area (Å²) in [6.07, 6.45) is 3.25. The van der Waals surface area contributed by atoms with Crippen LogP contribution in [0.5, 0.6) is 0 Å². The van der Waals surface area contributed by atoms with Crippen molar-refractivity contribution in [2.45, 2.75) is 11.8 Å². The molecular weight excluding hydrogens is 182 g/mol. The normalized spacial score (nSPS) is 26.2. The molecule has 0 saturated carbocycles. The van der Waals surface area contributed by atoms with E-state index in [-0.39, 0.29) is 10.7 Å². The fourth-order valence-corrected chi connectivity index (χ4v) is 0.834. The summed E-state index contributed by atoms with van der Waals surface area (Å²) in [7, 11) is 0. The van der Waals surface area contributed by atoms with Crippen LogP contribution in [0.25, 0.3) is 0 Å². The van der Waals surface area contributed by atoms with Crippen LogP contribution in [0.1, 0.15) is 6.92 Å². The van der Waals surface area contributed by atoms with Crippen LogP contribution in [0.4, 0.5) is 0 Å². The van der Waals surface area contributed by atoms with Gasteiger partial charge in [-0.1, -0.05) is 22.0 Å². The fraction of sp³-hybridized carbons (Fsp3) is 0.333. The number of carbonyl (C=O) groups is 1. The van der Waals surface area contributed by atoms with E-state index in [0.717, 1.165) is 5.71 Å². The van der Waals surface area contributed by atoms with E-state index in [9.17, 15) is 4.79 Å². The third kappa shape index (κ3) is 1.48. The summed E-state index contributed by atoms with van der Waals surface area (Å²) < 4.78 is 0. The van der Waals surface area contributed by atoms with Gasteiger partial charge < -0.3 is 0 Å². The minimum absolute atomic E-state index is 0.148. The molecule has 0 aromatic carbocycles. The number of carbonyl (C=O) groups excluding carboxylic acids is 1. The van der Waals surface area contributed by atoms with Crippen molar-refractivity contribution in [3.8, 4) is 0 Å². The van der Waals surface area contributed by atoms with Crippen LogP contribution < -0.4 is 0 Å². The van der Waals surface area contributed by atoms with Gasteiger partial charge in [-0.3, -0.25) is 4.79 Å². The van der Waals surface area contributed by atoms with Crippen molar-refractivity contribution in [3.05, 3.63) is 12.2 Å². The van der Waals surface area contributed by atoms with E-state index >= 15 is 0 Å². The third-order valence-corrected chi connectivity index (χ3v) is 2.06. The molecule has 1 unspecified atom stereocenters. The highest BCUT2D eigenvalue weighted by Gasteiger charge is 2.09. The number of nitrogens with zero attached hydrogens (tertiary/aromatic N) is 1. The number of hydrogen-bond donors (Lipinski definition) is 0. The molecule has 0 bridgehead atoms. The summed E-state index contributed by atoms with van der Waals surface area (Å²) in [5, 5.41) is 0. The van der Waals surface area contributed by atoms with Crippen molar-refractivity contribution >= 4 is 27.5 Å². The van der Waals surface area contributed by atoms with E-state index in [2.05, 4.69) is 20.9 Å². The van der Waals surface area contributed by atoms with Gasteiger partial charge in [0.05, 0.1) is 4.83 Å². The van der Waals surface area contributed by atoms with Gasteiger partial charge in [0.25, 0.3) is 5.91 Å².